The predicted octanol–water partition coefficient (Wildman–Crippen LogP) is 0.114. The summed E-state index contributed by atoms with van der Waals surface area (Å²) in [6.07, 6.45) is -1.01. The number of ketones is 1. The maximum atomic E-state index is 11.1. The van der Waals surface area contributed by atoms with Crippen molar-refractivity contribution in [3.05, 3.63) is 0 Å². The second-order valence-electron chi connectivity index (χ2n) is 3.98. The lowest BCUT2D eigenvalue weighted by molar-refractivity contribution is -0.130. The number of ether oxygens (including phenoxy) is 1. The van der Waals surface area contributed by atoms with Gasteiger partial charge >= 0.3 is 0 Å². The molecule has 0 saturated carbocycles. The Morgan fingerprint density at radius 1 is 1.46 bits per heavy atom. The highest BCUT2D eigenvalue weighted by Crippen LogP contribution is 2.06. The Morgan fingerprint density at radius 2 is 2.00 bits per heavy atom. The van der Waals surface area contributed by atoms with Gasteiger partial charge in [0.15, 0.2) is 5.78 Å². The van der Waals surface area contributed by atoms with Gasteiger partial charge in [-0.1, -0.05) is 0 Å². The van der Waals surface area contributed by atoms with E-state index < -0.39 is 6.10 Å². The Bertz CT molecular complexity index is 159. The molecule has 0 saturated heterocycles. The Hall–Kier alpha value is -0.450. The summed E-state index contributed by atoms with van der Waals surface area (Å²) in [6.45, 7) is 5.15. The first-order valence-electron chi connectivity index (χ1n) is 4.29. The van der Waals surface area contributed by atoms with E-state index >= 15 is 0 Å². The fourth-order valence-electron chi connectivity index (χ4n) is 0.683. The predicted molar refractivity (Wildman–Crippen MR) is 48.4 cm³/mol. The number of carbonyl (C=O) groups excluding carboxylic acids is 1. The van der Waals surface area contributed by atoms with Gasteiger partial charge in [-0.25, -0.2) is 0 Å². The van der Waals surface area contributed by atoms with Crippen molar-refractivity contribution >= 4 is 5.78 Å². The number of aliphatic hydroxyl groups is 2. The van der Waals surface area contributed by atoms with E-state index in [-0.39, 0.29) is 31.0 Å². The van der Waals surface area contributed by atoms with Gasteiger partial charge in [0, 0.05) is 6.42 Å². The molecule has 0 aliphatic heterocycles. The molecule has 4 nitrogen and oxygen atoms in total. The maximum Gasteiger partial charge on any atom is 0.161 e. The van der Waals surface area contributed by atoms with Crippen LogP contribution in [0.25, 0.3) is 0 Å². The molecule has 1 atom stereocenters. The molecule has 4 heteroatoms. The van der Waals surface area contributed by atoms with E-state index in [0.717, 1.165) is 0 Å². The average Bonchev–Trinajstić information content (AvgIpc) is 1.99. The molecule has 1 unspecified atom stereocenters. The summed E-state index contributed by atoms with van der Waals surface area (Å²) >= 11 is 0. The zero-order valence-corrected chi connectivity index (χ0v) is 8.41. The molecule has 13 heavy (non-hydrogen) atoms. The number of hydrogen-bond acceptors (Lipinski definition) is 4. The first kappa shape index (κ1) is 12.6. The van der Waals surface area contributed by atoms with Gasteiger partial charge in [0.2, 0.25) is 0 Å². The molecule has 0 aromatic carbocycles. The lowest BCUT2D eigenvalue weighted by atomic mass is 10.1. The minimum atomic E-state index is -0.962. The van der Waals surface area contributed by atoms with Gasteiger partial charge < -0.3 is 14.9 Å². The molecule has 0 aromatic heterocycles. The number of hydrogen-bond donors (Lipinski definition) is 2. The smallest absolute Gasteiger partial charge is 0.161 e. The number of aliphatic hydroxyl groups excluding tert-OH is 2. The summed E-state index contributed by atoms with van der Waals surface area (Å²) < 4.78 is 5.19. The van der Waals surface area contributed by atoms with Crippen molar-refractivity contribution in [1.29, 1.82) is 0 Å². The molecule has 0 amide bonds. The van der Waals surface area contributed by atoms with Gasteiger partial charge in [0.05, 0.1) is 18.3 Å². The largest absolute Gasteiger partial charge is 0.394 e. The minimum absolute atomic E-state index is 0.0133. The van der Waals surface area contributed by atoms with Crippen LogP contribution in [-0.4, -0.2) is 40.9 Å². The highest BCUT2D eigenvalue weighted by molar-refractivity contribution is 5.80. The van der Waals surface area contributed by atoms with Gasteiger partial charge in [0.25, 0.3) is 0 Å². The van der Waals surface area contributed by atoms with Crippen LogP contribution in [0.5, 0.6) is 0 Å². The van der Waals surface area contributed by atoms with Crippen molar-refractivity contribution in [2.24, 2.45) is 0 Å². The molecule has 0 spiro atoms. The normalized spacial score (nSPS) is 14.2. The summed E-state index contributed by atoms with van der Waals surface area (Å²) in [4.78, 5) is 11.1. The molecule has 0 fully saturated rings. The fourth-order valence-corrected chi connectivity index (χ4v) is 0.683. The first-order valence-corrected chi connectivity index (χ1v) is 4.29. The molecular weight excluding hydrogens is 172 g/mol. The molecule has 2 N–H and O–H groups in total. The van der Waals surface area contributed by atoms with E-state index in [0.29, 0.717) is 0 Å². The van der Waals surface area contributed by atoms with Crippen LogP contribution in [-0.2, 0) is 9.53 Å². The second kappa shape index (κ2) is 5.32. The number of rotatable bonds is 5. The zero-order valence-electron chi connectivity index (χ0n) is 8.41. The highest BCUT2D eigenvalue weighted by Gasteiger charge is 2.15. The minimum Gasteiger partial charge on any atom is -0.394 e. The van der Waals surface area contributed by atoms with Crippen molar-refractivity contribution in [2.45, 2.75) is 38.9 Å². The van der Waals surface area contributed by atoms with Gasteiger partial charge in [-0.2, -0.15) is 0 Å². The van der Waals surface area contributed by atoms with Crippen molar-refractivity contribution in [3.8, 4) is 0 Å². The molecule has 0 heterocycles. The van der Waals surface area contributed by atoms with Crippen LogP contribution >= 0.6 is 0 Å². The number of carbonyl (C=O) groups is 1. The summed E-state index contributed by atoms with van der Waals surface area (Å²) in [6, 6.07) is 0. The van der Waals surface area contributed by atoms with E-state index in [1.165, 1.54) is 0 Å². The van der Waals surface area contributed by atoms with Crippen LogP contribution in [0.4, 0.5) is 0 Å². The highest BCUT2D eigenvalue weighted by atomic mass is 16.5. The Kier molecular flexibility index (Phi) is 5.13. The van der Waals surface area contributed by atoms with Crippen molar-refractivity contribution in [3.63, 3.8) is 0 Å². The Balaban J connectivity index is 3.64. The summed E-state index contributed by atoms with van der Waals surface area (Å²) in [5.74, 6) is -0.198. The lowest BCUT2D eigenvalue weighted by Crippen LogP contribution is -2.26. The Labute approximate surface area is 78.5 Å². The van der Waals surface area contributed by atoms with E-state index in [1.54, 1.807) is 0 Å². The van der Waals surface area contributed by atoms with Crippen LogP contribution in [0.15, 0.2) is 0 Å². The molecular formula is C9H18O4. The third kappa shape index (κ3) is 7.90. The molecule has 78 valence electrons. The quantitative estimate of drug-likeness (QED) is 0.646. The Morgan fingerprint density at radius 3 is 2.38 bits per heavy atom. The maximum absolute atomic E-state index is 11.1. The first-order chi connectivity index (χ1) is 5.85. The SMILES string of the molecule is CC(C)(C)OCC(=O)CC(O)CO. The van der Waals surface area contributed by atoms with E-state index in [2.05, 4.69) is 0 Å². The topological polar surface area (TPSA) is 66.8 Å². The molecule has 0 radical (unpaired) electrons. The van der Waals surface area contributed by atoms with Crippen LogP contribution < -0.4 is 0 Å². The van der Waals surface area contributed by atoms with Crippen LogP contribution in [0.3, 0.4) is 0 Å². The molecule has 0 bridgehead atoms. The van der Waals surface area contributed by atoms with Gasteiger partial charge in [0.1, 0.15) is 6.61 Å². The average molecular weight is 190 g/mol. The van der Waals surface area contributed by atoms with Gasteiger partial charge in [-0.3, -0.25) is 4.79 Å². The second-order valence-corrected chi connectivity index (χ2v) is 3.98. The monoisotopic (exact) mass is 190 g/mol. The molecule has 0 aliphatic carbocycles. The van der Waals surface area contributed by atoms with E-state index in [9.17, 15) is 4.79 Å². The summed E-state index contributed by atoms with van der Waals surface area (Å²) in [5, 5.41) is 17.4. The zero-order chi connectivity index (χ0) is 10.5. The van der Waals surface area contributed by atoms with Crippen molar-refractivity contribution in [2.75, 3.05) is 13.2 Å². The van der Waals surface area contributed by atoms with Gasteiger partial charge in [-0.15, -0.1) is 0 Å². The van der Waals surface area contributed by atoms with Gasteiger partial charge in [-0.05, 0) is 20.8 Å². The summed E-state index contributed by atoms with van der Waals surface area (Å²) in [5.41, 5.74) is -0.347. The van der Waals surface area contributed by atoms with Crippen LogP contribution in [0.1, 0.15) is 27.2 Å². The van der Waals surface area contributed by atoms with Crippen molar-refractivity contribution < 1.29 is 19.7 Å². The molecule has 0 aliphatic rings. The molecule has 0 aromatic rings. The van der Waals surface area contributed by atoms with Crippen LogP contribution in [0, 0.1) is 0 Å². The third-order valence-electron chi connectivity index (χ3n) is 1.34. The number of Topliss-reactive ketones (excluding diaryl/α,β-unsaturated/α-hetero) is 1. The van der Waals surface area contributed by atoms with Crippen molar-refractivity contribution in [1.82, 2.24) is 0 Å². The fraction of sp³-hybridized carbons (Fsp3) is 0.889. The third-order valence-corrected chi connectivity index (χ3v) is 1.34. The standard InChI is InChI=1S/C9H18O4/c1-9(2,3)13-6-8(12)4-7(11)5-10/h7,10-11H,4-6H2,1-3H3. The van der Waals surface area contributed by atoms with Crippen LogP contribution in [0.2, 0.25) is 0 Å². The lowest BCUT2D eigenvalue weighted by Gasteiger charge is -2.19. The van der Waals surface area contributed by atoms with E-state index in [1.807, 2.05) is 20.8 Å². The summed E-state index contributed by atoms with van der Waals surface area (Å²) in [7, 11) is 0. The molecule has 0 rings (SSSR count). The van der Waals surface area contributed by atoms with E-state index in [4.69, 9.17) is 14.9 Å².